The van der Waals surface area contributed by atoms with Gasteiger partial charge in [0.2, 0.25) is 0 Å². The maximum absolute atomic E-state index is 13.2. The number of carbonyl (C=O) groups is 1. The van der Waals surface area contributed by atoms with E-state index in [4.69, 9.17) is 16.3 Å². The second-order valence-corrected chi connectivity index (χ2v) is 10.2. The molecule has 2 unspecified atom stereocenters. The van der Waals surface area contributed by atoms with Gasteiger partial charge >= 0.3 is 0 Å². The molecule has 4 rings (SSSR count). The van der Waals surface area contributed by atoms with Gasteiger partial charge in [-0.2, -0.15) is 0 Å². The van der Waals surface area contributed by atoms with Crippen molar-refractivity contribution >= 4 is 64.4 Å². The third-order valence-electron chi connectivity index (χ3n) is 5.94. The number of hydrogen-bond acceptors (Lipinski definition) is 3. The van der Waals surface area contributed by atoms with Crippen molar-refractivity contribution in [2.75, 3.05) is 39.4 Å². The first kappa shape index (κ1) is 23.5. The van der Waals surface area contributed by atoms with E-state index in [2.05, 4.69) is 56.9 Å². The molecular weight excluding hydrogens is 537 g/mol. The number of alkyl halides is 1. The average molecular weight is 566 g/mol. The Hall–Kier alpha value is -1.61. The molecule has 0 spiro atoms. The minimum absolute atomic E-state index is 0.0241. The molecule has 0 radical (unpaired) electrons. The molecule has 2 N–H and O–H groups in total. The molecule has 32 heavy (non-hydrogen) atoms. The number of carbonyl (C=O) groups excluding carboxylic acids is 1. The number of halogens is 2. The number of fused-ring (bicyclic) bond motifs is 1. The summed E-state index contributed by atoms with van der Waals surface area (Å²) in [6.45, 7) is 7.37. The van der Waals surface area contributed by atoms with Crippen molar-refractivity contribution in [2.45, 2.75) is 17.3 Å². The summed E-state index contributed by atoms with van der Waals surface area (Å²) in [5, 5.41) is 5.88. The normalized spacial score (nSPS) is 21.1. The van der Waals surface area contributed by atoms with Crippen LogP contribution in [0.1, 0.15) is 35.0 Å². The number of H-pyrrole nitrogens is 1. The summed E-state index contributed by atoms with van der Waals surface area (Å²) >= 11 is 8.45. The van der Waals surface area contributed by atoms with Crippen LogP contribution in [0.3, 0.4) is 0 Å². The molecule has 1 aromatic carbocycles. The molecule has 5 nitrogen and oxygen atoms in total. The maximum Gasteiger partial charge on any atom is 0.254 e. The fourth-order valence-electron chi connectivity index (χ4n) is 4.07. The van der Waals surface area contributed by atoms with Gasteiger partial charge in [0.1, 0.15) is 0 Å². The van der Waals surface area contributed by atoms with Crippen LogP contribution in [0.5, 0.6) is 0 Å². The van der Waals surface area contributed by atoms with Gasteiger partial charge in [0.05, 0.1) is 24.5 Å². The van der Waals surface area contributed by atoms with E-state index in [9.17, 15) is 4.79 Å². The van der Waals surface area contributed by atoms with Crippen LogP contribution in [0.4, 0.5) is 0 Å². The van der Waals surface area contributed by atoms with Crippen LogP contribution in [0.25, 0.3) is 24.3 Å². The van der Waals surface area contributed by atoms with Gasteiger partial charge in [0.25, 0.3) is 5.91 Å². The predicted octanol–water partition coefficient (Wildman–Crippen LogP) is 3.30. The Labute approximate surface area is 207 Å². The number of aromatic nitrogens is 1. The van der Waals surface area contributed by atoms with Crippen LogP contribution in [0.2, 0.25) is 5.02 Å². The number of ether oxygens (including phenoxy) is 1. The van der Waals surface area contributed by atoms with Gasteiger partial charge in [0.15, 0.2) is 0 Å². The molecule has 1 fully saturated rings. The predicted molar refractivity (Wildman–Crippen MR) is 141 cm³/mol. The van der Waals surface area contributed by atoms with Gasteiger partial charge in [-0.1, -0.05) is 65.4 Å². The number of amides is 1. The summed E-state index contributed by atoms with van der Waals surface area (Å²) in [7, 11) is 0. The molecule has 1 aliphatic carbocycles. The average Bonchev–Trinajstić information content (AvgIpc) is 3.14. The number of aromatic amines is 1. The van der Waals surface area contributed by atoms with Crippen molar-refractivity contribution < 1.29 is 9.53 Å². The molecule has 1 aromatic heterocycles. The largest absolute Gasteiger partial charge is 0.379 e. The van der Waals surface area contributed by atoms with Crippen LogP contribution >= 0.6 is 34.2 Å². The molecule has 0 bridgehead atoms. The quantitative estimate of drug-likeness (QED) is 0.308. The third-order valence-corrected chi connectivity index (χ3v) is 7.68. The molecule has 2 aliphatic rings. The standard InChI is InChI=1S/C25H29ClIN3O2/c1-17-15-20-23(16-21(17)27)29-22(8-5-18-3-6-19(26)7-4-18)24(20)25(31)28-9-2-10-30-11-13-32-14-12-30/h3-8,15-17,21,29H,2,9-14H2,1H3,(H,28,31)/b8-5+. The van der Waals surface area contributed by atoms with Crippen molar-refractivity contribution in [1.82, 2.24) is 15.2 Å². The lowest BCUT2D eigenvalue weighted by molar-refractivity contribution is 0.0374. The van der Waals surface area contributed by atoms with Crippen molar-refractivity contribution in [2.24, 2.45) is 5.92 Å². The molecular formula is C25H29ClIN3O2. The minimum Gasteiger partial charge on any atom is -0.379 e. The van der Waals surface area contributed by atoms with Gasteiger partial charge < -0.3 is 15.0 Å². The number of hydrogen-bond donors (Lipinski definition) is 2. The summed E-state index contributed by atoms with van der Waals surface area (Å²) in [5.41, 5.74) is 2.59. The van der Waals surface area contributed by atoms with Gasteiger partial charge in [0, 0.05) is 39.1 Å². The lowest BCUT2D eigenvalue weighted by Crippen LogP contribution is -2.39. The first-order valence-corrected chi connectivity index (χ1v) is 12.8. The van der Waals surface area contributed by atoms with Crippen molar-refractivity contribution in [3.63, 3.8) is 0 Å². The van der Waals surface area contributed by atoms with Gasteiger partial charge in [-0.3, -0.25) is 9.69 Å². The summed E-state index contributed by atoms with van der Waals surface area (Å²) < 4.78 is 5.80. The molecule has 7 heteroatoms. The molecule has 2 atom stereocenters. The van der Waals surface area contributed by atoms with Gasteiger partial charge in [-0.05, 0) is 48.7 Å². The number of rotatable bonds is 7. The summed E-state index contributed by atoms with van der Waals surface area (Å²) in [4.78, 5) is 19.1. The van der Waals surface area contributed by atoms with E-state index >= 15 is 0 Å². The second kappa shape index (κ2) is 11.0. The van der Waals surface area contributed by atoms with Gasteiger partial charge in [-0.15, -0.1) is 0 Å². The zero-order chi connectivity index (χ0) is 22.5. The highest BCUT2D eigenvalue weighted by Crippen LogP contribution is 2.19. The number of morpholine rings is 1. The van der Waals surface area contributed by atoms with Crippen molar-refractivity contribution in [3.05, 3.63) is 56.7 Å². The van der Waals surface area contributed by atoms with E-state index in [1.165, 1.54) is 0 Å². The minimum atomic E-state index is -0.0241. The Morgan fingerprint density at radius 2 is 2.00 bits per heavy atom. The van der Waals surface area contributed by atoms with Crippen LogP contribution in [0, 0.1) is 5.92 Å². The molecule has 170 valence electrons. The molecule has 1 aliphatic heterocycles. The van der Waals surface area contributed by atoms with Crippen molar-refractivity contribution in [1.29, 1.82) is 0 Å². The van der Waals surface area contributed by atoms with Crippen LogP contribution in [0.15, 0.2) is 24.3 Å². The lowest BCUT2D eigenvalue weighted by atomic mass is 10.00. The highest BCUT2D eigenvalue weighted by Gasteiger charge is 2.21. The van der Waals surface area contributed by atoms with Crippen LogP contribution in [-0.4, -0.2) is 59.1 Å². The molecule has 1 saturated heterocycles. The van der Waals surface area contributed by atoms with E-state index in [0.29, 0.717) is 21.4 Å². The molecule has 2 aromatic rings. The Morgan fingerprint density at radius 3 is 2.75 bits per heavy atom. The first-order chi connectivity index (χ1) is 15.5. The Bertz CT molecular complexity index is 1090. The van der Waals surface area contributed by atoms with Crippen LogP contribution in [-0.2, 0) is 4.74 Å². The number of benzene rings is 1. The van der Waals surface area contributed by atoms with Gasteiger partial charge in [-0.25, -0.2) is 0 Å². The fourth-order valence-corrected chi connectivity index (χ4v) is 4.76. The summed E-state index contributed by atoms with van der Waals surface area (Å²) in [5.74, 6) is 0.351. The van der Waals surface area contributed by atoms with Crippen molar-refractivity contribution in [3.8, 4) is 0 Å². The first-order valence-electron chi connectivity index (χ1n) is 11.1. The number of nitrogens with one attached hydrogen (secondary N) is 2. The summed E-state index contributed by atoms with van der Waals surface area (Å²) in [6.07, 6.45) is 9.35. The fraction of sp³-hybridized carbons (Fsp3) is 0.400. The van der Waals surface area contributed by atoms with E-state index in [1.807, 2.05) is 36.4 Å². The molecule has 1 amide bonds. The summed E-state index contributed by atoms with van der Waals surface area (Å²) in [6, 6.07) is 7.67. The molecule has 0 saturated carbocycles. The smallest absolute Gasteiger partial charge is 0.254 e. The van der Waals surface area contributed by atoms with E-state index < -0.39 is 0 Å². The third kappa shape index (κ3) is 5.84. The topological polar surface area (TPSA) is 57.4 Å². The monoisotopic (exact) mass is 565 g/mol. The Kier molecular flexibility index (Phi) is 8.10. The van der Waals surface area contributed by atoms with E-state index in [1.54, 1.807) is 0 Å². The van der Waals surface area contributed by atoms with E-state index in [0.717, 1.165) is 66.7 Å². The SMILES string of the molecule is CC1C=c2c(C(=O)NCCCN3CCOCC3)c(/C=C/c3ccc(Cl)cc3)[nH]c2=CC1I. The molecule has 2 heterocycles. The zero-order valence-corrected chi connectivity index (χ0v) is 21.2. The number of nitrogens with zero attached hydrogens (tertiary/aromatic N) is 1. The second-order valence-electron chi connectivity index (χ2n) is 8.33. The van der Waals surface area contributed by atoms with Crippen LogP contribution < -0.4 is 15.9 Å². The zero-order valence-electron chi connectivity index (χ0n) is 18.2. The lowest BCUT2D eigenvalue weighted by Gasteiger charge is -2.26. The maximum atomic E-state index is 13.2. The highest BCUT2D eigenvalue weighted by atomic mass is 127. The highest BCUT2D eigenvalue weighted by molar-refractivity contribution is 14.1. The van der Waals surface area contributed by atoms with E-state index in [-0.39, 0.29) is 5.91 Å². The Morgan fingerprint density at radius 1 is 1.25 bits per heavy atom. The Balaban J connectivity index is 1.52.